The van der Waals surface area contributed by atoms with Crippen molar-refractivity contribution in [3.8, 4) is 0 Å². The van der Waals surface area contributed by atoms with Crippen LogP contribution in [-0.4, -0.2) is 56.0 Å². The highest BCUT2D eigenvalue weighted by atomic mass is 16.2. The van der Waals surface area contributed by atoms with Gasteiger partial charge in [-0.2, -0.15) is 0 Å². The molecule has 0 aromatic heterocycles. The zero-order valence-corrected chi connectivity index (χ0v) is 9.79. The molecule has 0 unspecified atom stereocenters. The lowest BCUT2D eigenvalue weighted by molar-refractivity contribution is -0.131. The molecule has 0 aromatic carbocycles. The summed E-state index contributed by atoms with van der Waals surface area (Å²) in [5.41, 5.74) is 5.65. The summed E-state index contributed by atoms with van der Waals surface area (Å²) in [5.74, 6) is 0.0475. The molecule has 2 N–H and O–H groups in total. The maximum absolute atomic E-state index is 11.5. The van der Waals surface area contributed by atoms with E-state index in [0.29, 0.717) is 6.42 Å². The molecule has 0 aliphatic rings. The molecule has 1 atom stereocenters. The van der Waals surface area contributed by atoms with Gasteiger partial charge < -0.3 is 15.5 Å². The van der Waals surface area contributed by atoms with Crippen molar-refractivity contribution >= 4 is 5.91 Å². The highest BCUT2D eigenvalue weighted by molar-refractivity contribution is 5.81. The minimum Gasteiger partial charge on any atom is -0.344 e. The summed E-state index contributed by atoms with van der Waals surface area (Å²) in [6, 6.07) is -0.334. The summed E-state index contributed by atoms with van der Waals surface area (Å²) in [5, 5.41) is 0. The topological polar surface area (TPSA) is 49.6 Å². The first kappa shape index (κ1) is 13.4. The smallest absolute Gasteiger partial charge is 0.239 e. The van der Waals surface area contributed by atoms with Gasteiger partial charge >= 0.3 is 0 Å². The second-order valence-corrected chi connectivity index (χ2v) is 3.93. The molecule has 84 valence electrons. The molecule has 0 rings (SSSR count). The fourth-order valence-corrected chi connectivity index (χ4v) is 1.19. The summed E-state index contributed by atoms with van der Waals surface area (Å²) in [7, 11) is 5.87. The fraction of sp³-hybridized carbons (Fsp3) is 0.900. The highest BCUT2D eigenvalue weighted by Gasteiger charge is 2.15. The Morgan fingerprint density at radius 3 is 2.29 bits per heavy atom. The SMILES string of the molecule is CC[C@@H](N)C(=O)N(C)CCCN(C)C. The van der Waals surface area contributed by atoms with Crippen molar-refractivity contribution in [1.82, 2.24) is 9.80 Å². The lowest BCUT2D eigenvalue weighted by Crippen LogP contribution is -2.42. The molecule has 0 heterocycles. The Balaban J connectivity index is 3.73. The van der Waals surface area contributed by atoms with E-state index < -0.39 is 0 Å². The van der Waals surface area contributed by atoms with Crippen molar-refractivity contribution in [3.05, 3.63) is 0 Å². The number of hydrogen-bond acceptors (Lipinski definition) is 3. The molecule has 0 bridgehead atoms. The van der Waals surface area contributed by atoms with E-state index in [-0.39, 0.29) is 11.9 Å². The lowest BCUT2D eigenvalue weighted by atomic mass is 10.2. The molecule has 0 aromatic rings. The van der Waals surface area contributed by atoms with Crippen LogP contribution in [0.5, 0.6) is 0 Å². The Labute approximate surface area is 87.0 Å². The first-order valence-electron chi connectivity index (χ1n) is 5.14. The lowest BCUT2D eigenvalue weighted by Gasteiger charge is -2.21. The van der Waals surface area contributed by atoms with Crippen molar-refractivity contribution < 1.29 is 4.79 Å². The molecule has 0 fully saturated rings. The molecular weight excluding hydrogens is 178 g/mol. The van der Waals surface area contributed by atoms with Crippen molar-refractivity contribution in [3.63, 3.8) is 0 Å². The summed E-state index contributed by atoms with van der Waals surface area (Å²) < 4.78 is 0. The van der Waals surface area contributed by atoms with Crippen molar-refractivity contribution in [2.45, 2.75) is 25.8 Å². The predicted molar refractivity (Wildman–Crippen MR) is 59.1 cm³/mol. The molecule has 0 saturated carbocycles. The number of hydrogen-bond donors (Lipinski definition) is 1. The first-order chi connectivity index (χ1) is 6.49. The van der Waals surface area contributed by atoms with Gasteiger partial charge in [0.2, 0.25) is 5.91 Å². The van der Waals surface area contributed by atoms with Crippen LogP contribution in [0.25, 0.3) is 0 Å². The summed E-state index contributed by atoms with van der Waals surface area (Å²) in [6.07, 6.45) is 1.70. The zero-order chi connectivity index (χ0) is 11.1. The van der Waals surface area contributed by atoms with Crippen molar-refractivity contribution in [2.24, 2.45) is 5.73 Å². The van der Waals surface area contributed by atoms with Crippen LogP contribution in [0.15, 0.2) is 0 Å². The van der Waals surface area contributed by atoms with Crippen molar-refractivity contribution in [2.75, 3.05) is 34.2 Å². The number of carbonyl (C=O) groups is 1. The van der Waals surface area contributed by atoms with Gasteiger partial charge in [-0.1, -0.05) is 6.92 Å². The quantitative estimate of drug-likeness (QED) is 0.665. The Bertz CT molecular complexity index is 171. The summed E-state index contributed by atoms with van der Waals surface area (Å²) in [6.45, 7) is 3.71. The summed E-state index contributed by atoms with van der Waals surface area (Å²) >= 11 is 0. The normalized spacial score (nSPS) is 13.0. The van der Waals surface area contributed by atoms with Gasteiger partial charge in [0, 0.05) is 13.6 Å². The molecule has 4 nitrogen and oxygen atoms in total. The van der Waals surface area contributed by atoms with Gasteiger partial charge in [-0.05, 0) is 33.5 Å². The van der Waals surface area contributed by atoms with Crippen LogP contribution in [0.1, 0.15) is 19.8 Å². The van der Waals surface area contributed by atoms with E-state index in [1.807, 2.05) is 28.1 Å². The highest BCUT2D eigenvalue weighted by Crippen LogP contribution is 1.96. The minimum atomic E-state index is -0.334. The molecule has 1 amide bonds. The van der Waals surface area contributed by atoms with Gasteiger partial charge in [0.25, 0.3) is 0 Å². The number of nitrogens with zero attached hydrogens (tertiary/aromatic N) is 2. The second-order valence-electron chi connectivity index (χ2n) is 3.93. The molecular formula is C10H23N3O. The fourth-order valence-electron chi connectivity index (χ4n) is 1.19. The average molecular weight is 201 g/mol. The number of rotatable bonds is 6. The van der Waals surface area contributed by atoms with Gasteiger partial charge in [0.05, 0.1) is 6.04 Å². The maximum atomic E-state index is 11.5. The monoisotopic (exact) mass is 201 g/mol. The summed E-state index contributed by atoms with van der Waals surface area (Å²) in [4.78, 5) is 15.4. The number of amides is 1. The third-order valence-electron chi connectivity index (χ3n) is 2.23. The first-order valence-corrected chi connectivity index (χ1v) is 5.14. The second kappa shape index (κ2) is 6.79. The van der Waals surface area contributed by atoms with Crippen LogP contribution in [-0.2, 0) is 4.79 Å². The maximum Gasteiger partial charge on any atom is 0.239 e. The van der Waals surface area contributed by atoms with E-state index in [2.05, 4.69) is 4.90 Å². The Morgan fingerprint density at radius 2 is 1.86 bits per heavy atom. The minimum absolute atomic E-state index is 0.0475. The molecule has 4 heteroatoms. The Kier molecular flexibility index (Phi) is 6.49. The van der Waals surface area contributed by atoms with Crippen LogP contribution < -0.4 is 5.73 Å². The number of likely N-dealkylation sites (N-methyl/N-ethyl adjacent to an activating group) is 1. The van der Waals surface area contributed by atoms with Gasteiger partial charge in [0.15, 0.2) is 0 Å². The largest absolute Gasteiger partial charge is 0.344 e. The van der Waals surface area contributed by atoms with E-state index in [9.17, 15) is 4.79 Å². The zero-order valence-electron chi connectivity index (χ0n) is 9.79. The Hall–Kier alpha value is -0.610. The van der Waals surface area contributed by atoms with Crippen LogP contribution in [0, 0.1) is 0 Å². The predicted octanol–water partition coefficient (Wildman–Crippen LogP) is 0.134. The molecule has 14 heavy (non-hydrogen) atoms. The van der Waals surface area contributed by atoms with E-state index >= 15 is 0 Å². The van der Waals surface area contributed by atoms with Gasteiger partial charge in [-0.15, -0.1) is 0 Å². The van der Waals surface area contributed by atoms with Crippen LogP contribution in [0.4, 0.5) is 0 Å². The molecule has 0 aliphatic carbocycles. The molecule has 0 saturated heterocycles. The van der Waals surface area contributed by atoms with E-state index in [1.54, 1.807) is 4.90 Å². The number of nitrogens with two attached hydrogens (primary N) is 1. The van der Waals surface area contributed by atoms with Gasteiger partial charge in [-0.3, -0.25) is 4.79 Å². The average Bonchev–Trinajstić information content (AvgIpc) is 2.14. The van der Waals surface area contributed by atoms with E-state index in [0.717, 1.165) is 19.5 Å². The van der Waals surface area contributed by atoms with Crippen LogP contribution in [0.2, 0.25) is 0 Å². The van der Waals surface area contributed by atoms with Crippen LogP contribution >= 0.6 is 0 Å². The standard InChI is InChI=1S/C10H23N3O/c1-5-9(11)10(14)13(4)8-6-7-12(2)3/h9H,5-8,11H2,1-4H3/t9-/m1/s1. The van der Waals surface area contributed by atoms with Crippen molar-refractivity contribution in [1.29, 1.82) is 0 Å². The van der Waals surface area contributed by atoms with Crippen LogP contribution in [0.3, 0.4) is 0 Å². The third kappa shape index (κ3) is 5.19. The molecule has 0 radical (unpaired) electrons. The molecule has 0 spiro atoms. The Morgan fingerprint density at radius 1 is 1.29 bits per heavy atom. The third-order valence-corrected chi connectivity index (χ3v) is 2.23. The van der Waals surface area contributed by atoms with Gasteiger partial charge in [0.1, 0.15) is 0 Å². The molecule has 0 aliphatic heterocycles. The number of carbonyl (C=O) groups excluding carboxylic acids is 1. The van der Waals surface area contributed by atoms with Gasteiger partial charge in [-0.25, -0.2) is 0 Å². The van der Waals surface area contributed by atoms with E-state index in [4.69, 9.17) is 5.73 Å². The van der Waals surface area contributed by atoms with E-state index in [1.165, 1.54) is 0 Å².